The summed E-state index contributed by atoms with van der Waals surface area (Å²) in [6.45, 7) is 9.09. The Balaban J connectivity index is 2.64. The summed E-state index contributed by atoms with van der Waals surface area (Å²) in [7, 11) is 0. The minimum Gasteiger partial charge on any atom is -0.166 e. The van der Waals surface area contributed by atoms with E-state index in [1.165, 1.54) is 12.8 Å². The van der Waals surface area contributed by atoms with Crippen LogP contribution in [0.5, 0.6) is 0 Å². The molecule has 0 aromatic rings. The summed E-state index contributed by atoms with van der Waals surface area (Å²) >= 11 is 0. The average Bonchev–Trinajstić information content (AvgIpc) is 2.59. The van der Waals surface area contributed by atoms with E-state index in [4.69, 9.17) is 0 Å². The minimum atomic E-state index is -4.33. The Labute approximate surface area is 101 Å². The van der Waals surface area contributed by atoms with Gasteiger partial charge in [0.05, 0.1) is 5.57 Å². The molecule has 1 aliphatic carbocycles. The van der Waals surface area contributed by atoms with Gasteiger partial charge in [0.1, 0.15) is 0 Å². The molecule has 1 saturated carbocycles. The molecule has 96 valence electrons. The van der Waals surface area contributed by atoms with E-state index < -0.39 is 11.7 Å². The van der Waals surface area contributed by atoms with Gasteiger partial charge in [0.25, 0.3) is 0 Å². The Morgan fingerprint density at radius 2 is 2.00 bits per heavy atom. The third kappa shape index (κ3) is 4.06. The maximum absolute atomic E-state index is 12.5. The molecular formula is C14H19F3. The zero-order valence-corrected chi connectivity index (χ0v) is 10.2. The van der Waals surface area contributed by atoms with Crippen molar-refractivity contribution in [2.45, 2.75) is 38.8 Å². The zero-order chi connectivity index (χ0) is 13.1. The van der Waals surface area contributed by atoms with Gasteiger partial charge < -0.3 is 0 Å². The largest absolute Gasteiger partial charge is 0.416 e. The van der Waals surface area contributed by atoms with Crippen molar-refractivity contribution in [3.63, 3.8) is 0 Å². The van der Waals surface area contributed by atoms with Gasteiger partial charge >= 0.3 is 6.18 Å². The third-order valence-electron chi connectivity index (χ3n) is 3.47. The molecule has 0 aromatic heterocycles. The van der Waals surface area contributed by atoms with Crippen molar-refractivity contribution in [2.75, 3.05) is 0 Å². The van der Waals surface area contributed by atoms with Gasteiger partial charge in [-0.25, -0.2) is 0 Å². The molecule has 0 saturated heterocycles. The maximum Gasteiger partial charge on any atom is 0.416 e. The van der Waals surface area contributed by atoms with Gasteiger partial charge in [0.2, 0.25) is 0 Å². The zero-order valence-electron chi connectivity index (χ0n) is 10.2. The fourth-order valence-corrected chi connectivity index (χ4v) is 2.40. The highest BCUT2D eigenvalue weighted by Crippen LogP contribution is 2.36. The molecular weight excluding hydrogens is 225 g/mol. The van der Waals surface area contributed by atoms with Crippen LogP contribution in [-0.4, -0.2) is 6.18 Å². The van der Waals surface area contributed by atoms with Crippen molar-refractivity contribution in [1.29, 1.82) is 0 Å². The van der Waals surface area contributed by atoms with E-state index >= 15 is 0 Å². The smallest absolute Gasteiger partial charge is 0.166 e. The molecule has 3 heteroatoms. The fraction of sp³-hybridized carbons (Fsp3) is 0.571. The first-order chi connectivity index (χ1) is 7.84. The summed E-state index contributed by atoms with van der Waals surface area (Å²) in [5.74, 6) is 1.08. The molecule has 0 nitrogen and oxygen atoms in total. The molecule has 0 bridgehead atoms. The third-order valence-corrected chi connectivity index (χ3v) is 3.47. The topological polar surface area (TPSA) is 0 Å². The summed E-state index contributed by atoms with van der Waals surface area (Å²) in [5.41, 5.74) is -0.149. The summed E-state index contributed by atoms with van der Waals surface area (Å²) in [5, 5.41) is 0. The number of hydrogen-bond donors (Lipinski definition) is 0. The fourth-order valence-electron chi connectivity index (χ4n) is 2.40. The van der Waals surface area contributed by atoms with Crippen LogP contribution in [-0.2, 0) is 0 Å². The van der Waals surface area contributed by atoms with Gasteiger partial charge in [-0.3, -0.25) is 0 Å². The quantitative estimate of drug-likeness (QED) is 0.607. The lowest BCUT2D eigenvalue weighted by Gasteiger charge is -2.16. The van der Waals surface area contributed by atoms with Crippen molar-refractivity contribution >= 4 is 0 Å². The molecule has 0 N–H and O–H groups in total. The van der Waals surface area contributed by atoms with Gasteiger partial charge in [-0.1, -0.05) is 44.6 Å². The predicted octanol–water partition coefficient (Wildman–Crippen LogP) is 5.04. The first-order valence-electron chi connectivity index (χ1n) is 5.93. The monoisotopic (exact) mass is 244 g/mol. The van der Waals surface area contributed by atoms with Gasteiger partial charge in [-0.2, -0.15) is 13.2 Å². The van der Waals surface area contributed by atoms with E-state index in [9.17, 15) is 13.2 Å². The Morgan fingerprint density at radius 3 is 2.41 bits per heavy atom. The average molecular weight is 244 g/mol. The molecule has 0 heterocycles. The molecule has 1 fully saturated rings. The van der Waals surface area contributed by atoms with Crippen molar-refractivity contribution in [1.82, 2.24) is 0 Å². The van der Waals surface area contributed by atoms with Crippen molar-refractivity contribution in [3.05, 3.63) is 36.5 Å². The van der Waals surface area contributed by atoms with Crippen LogP contribution in [0.3, 0.4) is 0 Å². The first kappa shape index (κ1) is 14.1. The summed E-state index contributed by atoms with van der Waals surface area (Å²) < 4.78 is 37.5. The van der Waals surface area contributed by atoms with E-state index in [1.807, 2.05) is 0 Å². The van der Waals surface area contributed by atoms with E-state index in [-0.39, 0.29) is 0 Å². The molecule has 0 spiro atoms. The van der Waals surface area contributed by atoms with Crippen LogP contribution >= 0.6 is 0 Å². The van der Waals surface area contributed by atoms with Gasteiger partial charge in [0.15, 0.2) is 0 Å². The lowest BCUT2D eigenvalue weighted by molar-refractivity contribution is -0.0882. The van der Waals surface area contributed by atoms with Gasteiger partial charge in [-0.15, -0.1) is 0 Å². The molecule has 2 atom stereocenters. The van der Waals surface area contributed by atoms with Crippen LogP contribution in [0.25, 0.3) is 0 Å². The molecule has 0 aromatic carbocycles. The van der Waals surface area contributed by atoms with Gasteiger partial charge in [-0.05, 0) is 30.8 Å². The number of allylic oxidation sites excluding steroid dienone is 4. The highest BCUT2D eigenvalue weighted by atomic mass is 19.4. The Kier molecular flexibility index (Phi) is 4.61. The SMILES string of the molecule is C=CC(=CC(=C)CC1CCCC1C)C(F)(F)F. The Morgan fingerprint density at radius 1 is 1.35 bits per heavy atom. The van der Waals surface area contributed by atoms with Gasteiger partial charge in [0, 0.05) is 0 Å². The molecule has 17 heavy (non-hydrogen) atoms. The standard InChI is InChI=1S/C14H19F3/c1-4-13(14(15,16)17)9-10(2)8-12-7-5-6-11(12)3/h4,9,11-12H,1-2,5-8H2,3H3. The van der Waals surface area contributed by atoms with E-state index in [2.05, 4.69) is 20.1 Å². The van der Waals surface area contributed by atoms with Crippen LogP contribution in [0.1, 0.15) is 32.6 Å². The molecule has 0 aliphatic heterocycles. The van der Waals surface area contributed by atoms with E-state index in [1.54, 1.807) is 0 Å². The number of alkyl halides is 3. The lowest BCUT2D eigenvalue weighted by Crippen LogP contribution is -2.11. The number of halogens is 3. The molecule has 2 unspecified atom stereocenters. The highest BCUT2D eigenvalue weighted by Gasteiger charge is 2.31. The van der Waals surface area contributed by atoms with Crippen molar-refractivity contribution in [2.24, 2.45) is 11.8 Å². The van der Waals surface area contributed by atoms with Crippen molar-refractivity contribution in [3.8, 4) is 0 Å². The summed E-state index contributed by atoms with van der Waals surface area (Å²) in [6.07, 6.45) is 1.76. The van der Waals surface area contributed by atoms with Crippen LogP contribution in [0, 0.1) is 11.8 Å². The second kappa shape index (κ2) is 5.56. The maximum atomic E-state index is 12.5. The summed E-state index contributed by atoms with van der Waals surface area (Å²) in [6, 6.07) is 0. The second-order valence-corrected chi connectivity index (χ2v) is 4.83. The lowest BCUT2D eigenvalue weighted by atomic mass is 9.90. The second-order valence-electron chi connectivity index (χ2n) is 4.83. The molecule has 1 rings (SSSR count). The molecule has 1 aliphatic rings. The number of hydrogen-bond acceptors (Lipinski definition) is 0. The van der Waals surface area contributed by atoms with E-state index in [0.717, 1.165) is 18.6 Å². The summed E-state index contributed by atoms with van der Waals surface area (Å²) in [4.78, 5) is 0. The van der Waals surface area contributed by atoms with Crippen molar-refractivity contribution < 1.29 is 13.2 Å². The molecule has 0 radical (unpaired) electrons. The Bertz CT molecular complexity index is 323. The van der Waals surface area contributed by atoms with Crippen LogP contribution < -0.4 is 0 Å². The van der Waals surface area contributed by atoms with E-state index in [0.29, 0.717) is 23.8 Å². The minimum absolute atomic E-state index is 0.484. The highest BCUT2D eigenvalue weighted by molar-refractivity contribution is 5.31. The van der Waals surface area contributed by atoms with Crippen LogP contribution in [0.15, 0.2) is 36.5 Å². The normalized spacial score (nSPS) is 26.0. The Hall–Kier alpha value is -0.990. The first-order valence-corrected chi connectivity index (χ1v) is 5.93. The molecule has 0 amide bonds. The predicted molar refractivity (Wildman–Crippen MR) is 64.6 cm³/mol. The van der Waals surface area contributed by atoms with Crippen LogP contribution in [0.4, 0.5) is 13.2 Å². The van der Waals surface area contributed by atoms with Crippen LogP contribution in [0.2, 0.25) is 0 Å². The number of rotatable bonds is 4.